The zero-order valence-electron chi connectivity index (χ0n) is 11.6. The first-order valence-electron chi connectivity index (χ1n) is 6.74. The zero-order chi connectivity index (χ0) is 15.6. The van der Waals surface area contributed by atoms with Crippen molar-refractivity contribution < 1.29 is 19.8 Å². The van der Waals surface area contributed by atoms with Crippen molar-refractivity contribution in [3.05, 3.63) is 28.2 Å². The summed E-state index contributed by atoms with van der Waals surface area (Å²) in [6.45, 7) is 2.20. The van der Waals surface area contributed by atoms with Gasteiger partial charge in [0, 0.05) is 25.6 Å². The first-order chi connectivity index (χ1) is 9.93. The molecule has 1 aliphatic rings. The Hall–Kier alpha value is -2.22. The van der Waals surface area contributed by atoms with E-state index in [-0.39, 0.29) is 24.2 Å². The summed E-state index contributed by atoms with van der Waals surface area (Å²) in [7, 11) is 0. The largest absolute Gasteiger partial charge is 0.480 e. The highest BCUT2D eigenvalue weighted by atomic mass is 16.4. The molecule has 8 nitrogen and oxygen atoms in total. The number of aliphatic hydroxyl groups excluding tert-OH is 1. The summed E-state index contributed by atoms with van der Waals surface area (Å²) >= 11 is 0. The van der Waals surface area contributed by atoms with Crippen molar-refractivity contribution in [1.82, 2.24) is 14.7 Å². The van der Waals surface area contributed by atoms with E-state index < -0.39 is 24.0 Å². The van der Waals surface area contributed by atoms with E-state index in [1.165, 1.54) is 16.8 Å². The molecule has 0 aromatic carbocycles. The van der Waals surface area contributed by atoms with Crippen LogP contribution in [0.1, 0.15) is 30.3 Å². The minimum Gasteiger partial charge on any atom is -0.480 e. The highest BCUT2D eigenvalue weighted by Gasteiger charge is 2.39. The summed E-state index contributed by atoms with van der Waals surface area (Å²) in [6, 6.07) is 1.44. The van der Waals surface area contributed by atoms with Gasteiger partial charge in [-0.25, -0.2) is 9.48 Å². The molecule has 2 N–H and O–H groups in total. The Morgan fingerprint density at radius 2 is 2.14 bits per heavy atom. The lowest BCUT2D eigenvalue weighted by atomic mass is 10.2. The molecule has 1 amide bonds. The molecule has 1 aliphatic heterocycles. The smallest absolute Gasteiger partial charge is 0.326 e. The fourth-order valence-corrected chi connectivity index (χ4v) is 2.35. The van der Waals surface area contributed by atoms with Crippen LogP contribution >= 0.6 is 0 Å². The molecule has 0 spiro atoms. The van der Waals surface area contributed by atoms with Gasteiger partial charge >= 0.3 is 5.97 Å². The lowest BCUT2D eigenvalue weighted by molar-refractivity contribution is -0.141. The lowest BCUT2D eigenvalue weighted by Gasteiger charge is -2.20. The average molecular weight is 295 g/mol. The van der Waals surface area contributed by atoms with Gasteiger partial charge in [-0.15, -0.1) is 0 Å². The molecule has 2 rings (SSSR count). The van der Waals surface area contributed by atoms with Gasteiger partial charge in [-0.2, -0.15) is 5.10 Å². The number of nitrogens with zero attached hydrogens (tertiary/aromatic N) is 3. The topological polar surface area (TPSA) is 113 Å². The highest BCUT2D eigenvalue weighted by molar-refractivity contribution is 5.95. The van der Waals surface area contributed by atoms with Crippen molar-refractivity contribution in [3.8, 4) is 0 Å². The molecule has 0 radical (unpaired) electrons. The van der Waals surface area contributed by atoms with Crippen LogP contribution in [-0.2, 0) is 11.3 Å². The second kappa shape index (κ2) is 6.04. The number of aliphatic hydroxyl groups is 1. The molecule has 1 saturated heterocycles. The van der Waals surface area contributed by atoms with Crippen molar-refractivity contribution in [1.29, 1.82) is 0 Å². The fourth-order valence-electron chi connectivity index (χ4n) is 2.35. The predicted molar refractivity (Wildman–Crippen MR) is 71.9 cm³/mol. The number of rotatable bonds is 4. The Bertz CT molecular complexity index is 612. The van der Waals surface area contributed by atoms with Crippen LogP contribution in [0.2, 0.25) is 0 Å². The minimum atomic E-state index is -1.17. The maximum absolute atomic E-state index is 12.3. The number of carbonyl (C=O) groups is 2. The van der Waals surface area contributed by atoms with Gasteiger partial charge in [-0.1, -0.05) is 6.92 Å². The van der Waals surface area contributed by atoms with Crippen LogP contribution in [0.4, 0.5) is 0 Å². The lowest BCUT2D eigenvalue weighted by Crippen LogP contribution is -2.41. The van der Waals surface area contributed by atoms with Gasteiger partial charge in [-0.05, 0) is 12.5 Å². The number of carbonyl (C=O) groups excluding carboxylic acids is 1. The molecule has 1 fully saturated rings. The molecule has 2 atom stereocenters. The first kappa shape index (κ1) is 15.2. The number of amides is 1. The van der Waals surface area contributed by atoms with Crippen molar-refractivity contribution in [3.63, 3.8) is 0 Å². The van der Waals surface area contributed by atoms with E-state index in [0.717, 1.165) is 4.90 Å². The third kappa shape index (κ3) is 3.10. The first-order valence-corrected chi connectivity index (χ1v) is 6.74. The summed E-state index contributed by atoms with van der Waals surface area (Å²) in [5.74, 6) is -1.76. The second-order valence-corrected chi connectivity index (χ2v) is 4.98. The molecule has 0 unspecified atom stereocenters. The van der Waals surface area contributed by atoms with E-state index in [0.29, 0.717) is 13.0 Å². The van der Waals surface area contributed by atoms with Crippen molar-refractivity contribution in [2.24, 2.45) is 0 Å². The summed E-state index contributed by atoms with van der Waals surface area (Å²) in [6.07, 6.45) is -0.183. The van der Waals surface area contributed by atoms with Crippen LogP contribution in [0.3, 0.4) is 0 Å². The number of β-amino-alcohol motifs (C(OH)–C–C–N with tert-alkyl or cyclic N) is 1. The van der Waals surface area contributed by atoms with E-state index in [1.54, 1.807) is 0 Å². The van der Waals surface area contributed by atoms with E-state index in [9.17, 15) is 19.5 Å². The Labute approximate surface area is 120 Å². The van der Waals surface area contributed by atoms with Crippen molar-refractivity contribution >= 4 is 11.9 Å². The number of hydrogen-bond acceptors (Lipinski definition) is 5. The van der Waals surface area contributed by atoms with E-state index >= 15 is 0 Å². The molecule has 21 heavy (non-hydrogen) atoms. The number of aliphatic carboxylic acids is 1. The summed E-state index contributed by atoms with van der Waals surface area (Å²) in [4.78, 5) is 36.1. The van der Waals surface area contributed by atoms with Gasteiger partial charge < -0.3 is 15.1 Å². The quantitative estimate of drug-likeness (QED) is 0.760. The maximum Gasteiger partial charge on any atom is 0.326 e. The third-order valence-electron chi connectivity index (χ3n) is 3.35. The maximum atomic E-state index is 12.3. The average Bonchev–Trinajstić information content (AvgIpc) is 2.83. The van der Waals surface area contributed by atoms with E-state index in [2.05, 4.69) is 5.10 Å². The molecule has 1 aromatic rings. The van der Waals surface area contributed by atoms with Gasteiger partial charge in [-0.3, -0.25) is 9.59 Å². The molecule has 0 bridgehead atoms. The molecule has 1 aromatic heterocycles. The van der Waals surface area contributed by atoms with E-state index in [1.807, 2.05) is 6.92 Å². The Balaban J connectivity index is 2.29. The number of likely N-dealkylation sites (tertiary alicyclic amines) is 1. The molecule has 114 valence electrons. The van der Waals surface area contributed by atoms with Gasteiger partial charge in [0.05, 0.1) is 6.10 Å². The Morgan fingerprint density at radius 3 is 2.76 bits per heavy atom. The Morgan fingerprint density at radius 1 is 1.43 bits per heavy atom. The molecular formula is C13H17N3O5. The molecule has 2 heterocycles. The Kier molecular flexibility index (Phi) is 4.37. The second-order valence-electron chi connectivity index (χ2n) is 4.98. The standard InChI is InChI=1S/C13H17N3O5/c1-2-5-16-11(18)4-3-9(14-16)12(19)15-7-8(17)6-10(15)13(20)21/h3-4,8,10,17H,2,5-7H2,1H3,(H,20,21)/t8-,10+/m1/s1. The van der Waals surface area contributed by atoms with Crippen LogP contribution in [0.25, 0.3) is 0 Å². The van der Waals surface area contributed by atoms with Gasteiger partial charge in [0.2, 0.25) is 0 Å². The summed E-state index contributed by atoms with van der Waals surface area (Å²) < 4.78 is 1.18. The van der Waals surface area contributed by atoms with E-state index in [4.69, 9.17) is 5.11 Å². The van der Waals surface area contributed by atoms with Crippen molar-refractivity contribution in [2.45, 2.75) is 38.5 Å². The normalized spacial score (nSPS) is 21.5. The number of aromatic nitrogens is 2. The monoisotopic (exact) mass is 295 g/mol. The van der Waals surface area contributed by atoms with Gasteiger partial charge in [0.15, 0.2) is 0 Å². The highest BCUT2D eigenvalue weighted by Crippen LogP contribution is 2.20. The van der Waals surface area contributed by atoms with Gasteiger partial charge in [0.25, 0.3) is 11.5 Å². The SMILES string of the molecule is CCCn1nc(C(=O)N2C[C@H](O)C[C@H]2C(=O)O)ccc1=O. The zero-order valence-corrected chi connectivity index (χ0v) is 11.6. The number of carboxylic acid groups (broad SMARTS) is 1. The minimum absolute atomic E-state index is 0.00315. The number of carboxylic acids is 1. The predicted octanol–water partition coefficient (Wildman–Crippen LogP) is -0.687. The molecule has 0 aliphatic carbocycles. The fraction of sp³-hybridized carbons (Fsp3) is 0.538. The third-order valence-corrected chi connectivity index (χ3v) is 3.35. The van der Waals surface area contributed by atoms with Crippen LogP contribution in [0.15, 0.2) is 16.9 Å². The molecule has 0 saturated carbocycles. The van der Waals surface area contributed by atoms with Crippen LogP contribution in [-0.4, -0.2) is 55.5 Å². The summed E-state index contributed by atoms with van der Waals surface area (Å²) in [5, 5.41) is 22.6. The number of aryl methyl sites for hydroxylation is 1. The van der Waals surface area contributed by atoms with Crippen molar-refractivity contribution in [2.75, 3.05) is 6.54 Å². The van der Waals surface area contributed by atoms with Crippen LogP contribution in [0, 0.1) is 0 Å². The summed E-state index contributed by atoms with van der Waals surface area (Å²) in [5.41, 5.74) is -0.312. The van der Waals surface area contributed by atoms with Crippen LogP contribution < -0.4 is 5.56 Å². The molecule has 8 heteroatoms. The van der Waals surface area contributed by atoms with Gasteiger partial charge in [0.1, 0.15) is 11.7 Å². The molecular weight excluding hydrogens is 278 g/mol. The van der Waals surface area contributed by atoms with Crippen LogP contribution in [0.5, 0.6) is 0 Å². The number of hydrogen-bond donors (Lipinski definition) is 2.